The number of hydrogen-bond acceptors (Lipinski definition) is 3. The van der Waals surface area contributed by atoms with E-state index in [0.717, 1.165) is 11.8 Å². The highest BCUT2D eigenvalue weighted by Gasteiger charge is 2.06. The van der Waals surface area contributed by atoms with E-state index in [1.807, 2.05) is 0 Å². The Kier molecular flexibility index (Phi) is 3.31. The Hall–Kier alpha value is -1.03. The molecule has 1 aromatic carbocycles. The molecular formula is C9H9FO2S. The minimum atomic E-state index is -0.371. The molecule has 0 saturated carbocycles. The molecule has 0 radical (unpaired) electrons. The summed E-state index contributed by atoms with van der Waals surface area (Å²) < 4.78 is 17.6. The number of carbonyl (C=O) groups excluding carboxylic acids is 1. The predicted octanol–water partition coefficient (Wildman–Crippen LogP) is 2.47. The van der Waals surface area contributed by atoms with Gasteiger partial charge < -0.3 is 4.74 Å². The first-order valence-corrected chi connectivity index (χ1v) is 4.47. The largest absolute Gasteiger partial charge is 0.495 e. The van der Waals surface area contributed by atoms with Crippen molar-refractivity contribution in [2.24, 2.45) is 0 Å². The van der Waals surface area contributed by atoms with Crippen LogP contribution in [0.1, 0.15) is 6.92 Å². The fourth-order valence-corrected chi connectivity index (χ4v) is 1.57. The van der Waals surface area contributed by atoms with Gasteiger partial charge in [-0.3, -0.25) is 4.79 Å². The van der Waals surface area contributed by atoms with Gasteiger partial charge in [-0.25, -0.2) is 4.39 Å². The molecule has 0 unspecified atom stereocenters. The van der Waals surface area contributed by atoms with E-state index >= 15 is 0 Å². The van der Waals surface area contributed by atoms with Gasteiger partial charge in [-0.15, -0.1) is 0 Å². The van der Waals surface area contributed by atoms with Crippen molar-refractivity contribution in [3.8, 4) is 5.75 Å². The highest BCUT2D eigenvalue weighted by atomic mass is 32.2. The van der Waals surface area contributed by atoms with E-state index in [0.29, 0.717) is 10.6 Å². The molecule has 0 atom stereocenters. The molecule has 2 nitrogen and oxygen atoms in total. The van der Waals surface area contributed by atoms with Gasteiger partial charge in [-0.1, -0.05) is 0 Å². The van der Waals surface area contributed by atoms with Gasteiger partial charge in [0.15, 0.2) is 5.12 Å². The summed E-state index contributed by atoms with van der Waals surface area (Å²) in [6.45, 7) is 1.45. The minimum Gasteiger partial charge on any atom is -0.495 e. The van der Waals surface area contributed by atoms with Crippen LogP contribution in [0.2, 0.25) is 0 Å². The number of ether oxygens (including phenoxy) is 1. The SMILES string of the molecule is COc1cc(F)ccc1SC(C)=O. The second kappa shape index (κ2) is 4.28. The highest BCUT2D eigenvalue weighted by Crippen LogP contribution is 2.29. The van der Waals surface area contributed by atoms with Crippen molar-refractivity contribution in [3.05, 3.63) is 24.0 Å². The van der Waals surface area contributed by atoms with Gasteiger partial charge in [0.05, 0.1) is 12.0 Å². The van der Waals surface area contributed by atoms with E-state index in [2.05, 4.69) is 0 Å². The van der Waals surface area contributed by atoms with Crippen LogP contribution >= 0.6 is 11.8 Å². The summed E-state index contributed by atoms with van der Waals surface area (Å²) in [5, 5.41) is -0.0510. The van der Waals surface area contributed by atoms with Gasteiger partial charge in [0, 0.05) is 13.0 Å². The molecule has 0 bridgehead atoms. The number of hydrogen-bond donors (Lipinski definition) is 0. The smallest absolute Gasteiger partial charge is 0.190 e. The maximum Gasteiger partial charge on any atom is 0.190 e. The second-order valence-electron chi connectivity index (χ2n) is 2.39. The first-order valence-electron chi connectivity index (χ1n) is 3.65. The number of thioether (sulfide) groups is 1. The third kappa shape index (κ3) is 2.73. The Morgan fingerprint density at radius 3 is 2.77 bits per heavy atom. The number of halogens is 1. The van der Waals surface area contributed by atoms with Crippen LogP contribution < -0.4 is 4.74 Å². The summed E-state index contributed by atoms with van der Waals surface area (Å²) in [6, 6.07) is 4.08. The normalized spacial score (nSPS) is 9.77. The zero-order chi connectivity index (χ0) is 9.84. The molecule has 0 saturated heterocycles. The molecule has 1 aromatic rings. The molecule has 0 aromatic heterocycles. The predicted molar refractivity (Wildman–Crippen MR) is 49.5 cm³/mol. The lowest BCUT2D eigenvalue weighted by molar-refractivity contribution is -0.109. The lowest BCUT2D eigenvalue weighted by Gasteiger charge is -2.05. The Morgan fingerprint density at radius 2 is 2.23 bits per heavy atom. The average molecular weight is 200 g/mol. The molecule has 4 heteroatoms. The molecule has 0 heterocycles. The summed E-state index contributed by atoms with van der Waals surface area (Å²) >= 11 is 1.03. The molecule has 13 heavy (non-hydrogen) atoms. The maximum absolute atomic E-state index is 12.7. The molecule has 0 amide bonds. The Labute approximate surface area is 80.1 Å². The van der Waals surface area contributed by atoms with Gasteiger partial charge >= 0.3 is 0 Å². The van der Waals surface area contributed by atoms with Gasteiger partial charge in [0.2, 0.25) is 0 Å². The van der Waals surface area contributed by atoms with Crippen molar-refractivity contribution in [1.29, 1.82) is 0 Å². The van der Waals surface area contributed by atoms with Crippen LogP contribution in [-0.2, 0) is 4.79 Å². The van der Waals surface area contributed by atoms with Crippen molar-refractivity contribution < 1.29 is 13.9 Å². The average Bonchev–Trinajstić information content (AvgIpc) is 2.07. The third-order valence-electron chi connectivity index (χ3n) is 1.38. The molecule has 0 aliphatic carbocycles. The first-order chi connectivity index (χ1) is 6.13. The van der Waals surface area contributed by atoms with E-state index in [1.54, 1.807) is 0 Å². The van der Waals surface area contributed by atoms with Crippen LogP contribution in [-0.4, -0.2) is 12.2 Å². The topological polar surface area (TPSA) is 26.3 Å². The summed E-state index contributed by atoms with van der Waals surface area (Å²) in [6.07, 6.45) is 0. The molecule has 70 valence electrons. The van der Waals surface area contributed by atoms with Gasteiger partial charge in [0.1, 0.15) is 11.6 Å². The summed E-state index contributed by atoms with van der Waals surface area (Å²) in [5.74, 6) is 0.0185. The standard InChI is InChI=1S/C9H9FO2S/c1-6(11)13-9-4-3-7(10)5-8(9)12-2/h3-5H,1-2H3. The van der Waals surface area contributed by atoms with Crippen LogP contribution in [0.5, 0.6) is 5.75 Å². The van der Waals surface area contributed by atoms with E-state index < -0.39 is 0 Å². The number of carbonyl (C=O) groups is 1. The van der Waals surface area contributed by atoms with Crippen LogP contribution in [0.4, 0.5) is 4.39 Å². The zero-order valence-electron chi connectivity index (χ0n) is 7.33. The van der Waals surface area contributed by atoms with E-state index in [9.17, 15) is 9.18 Å². The zero-order valence-corrected chi connectivity index (χ0v) is 8.15. The second-order valence-corrected chi connectivity index (χ2v) is 3.61. The van der Waals surface area contributed by atoms with Crippen molar-refractivity contribution in [3.63, 3.8) is 0 Å². The number of rotatable bonds is 2. The quantitative estimate of drug-likeness (QED) is 0.686. The fourth-order valence-electron chi connectivity index (χ4n) is 0.881. The molecule has 0 N–H and O–H groups in total. The summed E-state index contributed by atoms with van der Waals surface area (Å²) in [5.41, 5.74) is 0. The van der Waals surface area contributed by atoms with Crippen molar-refractivity contribution in [2.75, 3.05) is 7.11 Å². The lowest BCUT2D eigenvalue weighted by atomic mass is 10.3. The lowest BCUT2D eigenvalue weighted by Crippen LogP contribution is -1.89. The maximum atomic E-state index is 12.7. The third-order valence-corrected chi connectivity index (χ3v) is 2.22. The van der Waals surface area contributed by atoms with Crippen LogP contribution in [0.3, 0.4) is 0 Å². The fraction of sp³-hybridized carbons (Fsp3) is 0.222. The summed E-state index contributed by atoms with van der Waals surface area (Å²) in [4.78, 5) is 11.4. The molecule has 0 aliphatic rings. The van der Waals surface area contributed by atoms with Gasteiger partial charge in [0.25, 0.3) is 0 Å². The Bertz CT molecular complexity index is 325. The van der Waals surface area contributed by atoms with Crippen molar-refractivity contribution >= 4 is 16.9 Å². The molecule has 0 fully saturated rings. The van der Waals surface area contributed by atoms with Gasteiger partial charge in [-0.2, -0.15) is 0 Å². The molecular weight excluding hydrogens is 191 g/mol. The first kappa shape index (κ1) is 10.1. The number of benzene rings is 1. The minimum absolute atomic E-state index is 0.0510. The summed E-state index contributed by atoms with van der Waals surface area (Å²) in [7, 11) is 1.44. The molecule has 1 rings (SSSR count). The van der Waals surface area contributed by atoms with Crippen LogP contribution in [0, 0.1) is 5.82 Å². The monoisotopic (exact) mass is 200 g/mol. The highest BCUT2D eigenvalue weighted by molar-refractivity contribution is 8.13. The molecule has 0 spiro atoms. The van der Waals surface area contributed by atoms with Crippen LogP contribution in [0.15, 0.2) is 23.1 Å². The van der Waals surface area contributed by atoms with E-state index in [1.165, 1.54) is 32.2 Å². The van der Waals surface area contributed by atoms with E-state index in [4.69, 9.17) is 4.74 Å². The Balaban J connectivity index is 2.99. The molecule has 0 aliphatic heterocycles. The van der Waals surface area contributed by atoms with Crippen LogP contribution in [0.25, 0.3) is 0 Å². The van der Waals surface area contributed by atoms with E-state index in [-0.39, 0.29) is 10.9 Å². The van der Waals surface area contributed by atoms with Crippen molar-refractivity contribution in [2.45, 2.75) is 11.8 Å². The Morgan fingerprint density at radius 1 is 1.54 bits per heavy atom. The number of methoxy groups -OCH3 is 1. The van der Waals surface area contributed by atoms with Crippen molar-refractivity contribution in [1.82, 2.24) is 0 Å². The van der Waals surface area contributed by atoms with Gasteiger partial charge in [-0.05, 0) is 23.9 Å².